The lowest BCUT2D eigenvalue weighted by Gasteiger charge is -2.19. The van der Waals surface area contributed by atoms with Gasteiger partial charge < -0.3 is 0 Å². The van der Waals surface area contributed by atoms with Crippen molar-refractivity contribution in [1.82, 2.24) is 4.90 Å². The van der Waals surface area contributed by atoms with Crippen molar-refractivity contribution in [2.45, 2.75) is 13.0 Å². The van der Waals surface area contributed by atoms with Crippen LogP contribution in [-0.2, 0) is 15.0 Å². The number of rotatable bonds is 4. The van der Waals surface area contributed by atoms with E-state index in [1.54, 1.807) is 30.3 Å². The highest BCUT2D eigenvalue weighted by molar-refractivity contribution is 7.86. The number of carbonyl (C=O) groups excluding carboxylic acids is 2. The van der Waals surface area contributed by atoms with Crippen molar-refractivity contribution in [3.63, 3.8) is 0 Å². The number of hydrogen-bond donors (Lipinski definition) is 0. The Balaban J connectivity index is 2.22. The van der Waals surface area contributed by atoms with E-state index in [2.05, 4.69) is 0 Å². The minimum absolute atomic E-state index is 0.482. The van der Waals surface area contributed by atoms with Crippen molar-refractivity contribution in [1.29, 1.82) is 0 Å². The highest BCUT2D eigenvalue weighted by Gasteiger charge is 2.43. The lowest BCUT2D eigenvalue weighted by Crippen LogP contribution is -2.36. The Labute approximate surface area is 116 Å². The largest absolute Gasteiger partial charge is 0.332 e. The third-order valence-corrected chi connectivity index (χ3v) is 3.71. The molecule has 108 valence electrons. The van der Waals surface area contributed by atoms with E-state index in [1.165, 1.54) is 11.8 Å². The fraction of sp³-hybridized carbons (Fsp3) is 0.333. The Bertz CT molecular complexity index is 632. The van der Waals surface area contributed by atoms with Gasteiger partial charge in [-0.2, -0.15) is 8.42 Å². The SMILES string of the molecule is C[C@H]1C(=O)N(CCS(=O)(=O)F)C(=O)N1c1ccccc1. The topological polar surface area (TPSA) is 74.8 Å². The zero-order valence-corrected chi connectivity index (χ0v) is 11.5. The van der Waals surface area contributed by atoms with Gasteiger partial charge >= 0.3 is 16.3 Å². The number of urea groups is 1. The second-order valence-electron chi connectivity index (χ2n) is 4.40. The van der Waals surface area contributed by atoms with Gasteiger partial charge in [0.2, 0.25) is 0 Å². The molecule has 20 heavy (non-hydrogen) atoms. The first-order chi connectivity index (χ1) is 9.31. The molecule has 0 radical (unpaired) electrons. The molecule has 0 bridgehead atoms. The van der Waals surface area contributed by atoms with E-state index in [0.29, 0.717) is 5.69 Å². The molecule has 1 aliphatic rings. The number of nitrogens with zero attached hydrogens (tertiary/aromatic N) is 2. The van der Waals surface area contributed by atoms with E-state index in [4.69, 9.17) is 0 Å². The van der Waals surface area contributed by atoms with E-state index in [9.17, 15) is 21.9 Å². The summed E-state index contributed by atoms with van der Waals surface area (Å²) >= 11 is 0. The maximum absolute atomic E-state index is 12.5. The first kappa shape index (κ1) is 14.4. The fourth-order valence-electron chi connectivity index (χ4n) is 2.05. The first-order valence-electron chi connectivity index (χ1n) is 5.93. The minimum atomic E-state index is -4.72. The molecule has 0 aromatic heterocycles. The quantitative estimate of drug-likeness (QED) is 0.617. The third kappa shape index (κ3) is 2.79. The summed E-state index contributed by atoms with van der Waals surface area (Å²) in [6.45, 7) is 1.06. The first-order valence-corrected chi connectivity index (χ1v) is 7.48. The average molecular weight is 300 g/mol. The molecule has 6 nitrogen and oxygen atoms in total. The summed E-state index contributed by atoms with van der Waals surface area (Å²) in [5.74, 6) is -1.43. The number of halogens is 1. The van der Waals surface area contributed by atoms with Gasteiger partial charge in [0.25, 0.3) is 5.91 Å². The van der Waals surface area contributed by atoms with Crippen LogP contribution in [0, 0.1) is 0 Å². The molecule has 1 aromatic carbocycles. The summed E-state index contributed by atoms with van der Waals surface area (Å²) in [5.41, 5.74) is 0.531. The second-order valence-corrected chi connectivity index (χ2v) is 5.88. The Morgan fingerprint density at radius 1 is 1.20 bits per heavy atom. The summed E-state index contributed by atoms with van der Waals surface area (Å²) < 4.78 is 33.5. The third-order valence-electron chi connectivity index (χ3n) is 3.04. The molecule has 0 saturated carbocycles. The lowest BCUT2D eigenvalue weighted by atomic mass is 10.2. The molecule has 0 N–H and O–H groups in total. The maximum Gasteiger partial charge on any atom is 0.332 e. The molecular weight excluding hydrogens is 287 g/mol. The lowest BCUT2D eigenvalue weighted by molar-refractivity contribution is -0.126. The van der Waals surface area contributed by atoms with Crippen LogP contribution in [0.5, 0.6) is 0 Å². The Kier molecular flexibility index (Phi) is 3.76. The number of carbonyl (C=O) groups is 2. The summed E-state index contributed by atoms with van der Waals surface area (Å²) in [7, 11) is -4.72. The van der Waals surface area contributed by atoms with Crippen molar-refractivity contribution in [3.05, 3.63) is 30.3 Å². The van der Waals surface area contributed by atoms with E-state index in [-0.39, 0.29) is 0 Å². The molecule has 0 aliphatic carbocycles. The van der Waals surface area contributed by atoms with Crippen molar-refractivity contribution < 1.29 is 21.9 Å². The van der Waals surface area contributed by atoms with Crippen LogP contribution in [0.25, 0.3) is 0 Å². The number of benzene rings is 1. The number of para-hydroxylation sites is 1. The zero-order valence-electron chi connectivity index (χ0n) is 10.7. The van der Waals surface area contributed by atoms with Gasteiger partial charge in [0.15, 0.2) is 0 Å². The predicted molar refractivity (Wildman–Crippen MR) is 70.4 cm³/mol. The standard InChI is InChI=1S/C12H13FN2O4S/c1-9-11(16)14(7-8-20(13,18)19)12(17)15(9)10-5-3-2-4-6-10/h2-6,9H,7-8H2,1H3/t9-/m0/s1. The molecule has 1 heterocycles. The molecule has 1 aliphatic heterocycles. The normalized spacial score (nSPS) is 19.8. The molecule has 1 aromatic rings. The van der Waals surface area contributed by atoms with Crippen LogP contribution in [0.1, 0.15) is 6.92 Å². The highest BCUT2D eigenvalue weighted by Crippen LogP contribution is 2.25. The van der Waals surface area contributed by atoms with Crippen LogP contribution in [0.15, 0.2) is 30.3 Å². The van der Waals surface area contributed by atoms with Gasteiger partial charge in [-0.05, 0) is 19.1 Å². The summed E-state index contributed by atoms with van der Waals surface area (Å²) in [5, 5.41) is 0. The van der Waals surface area contributed by atoms with Gasteiger partial charge in [-0.25, -0.2) is 4.79 Å². The van der Waals surface area contributed by atoms with E-state index in [0.717, 1.165) is 4.90 Å². The van der Waals surface area contributed by atoms with E-state index in [1.807, 2.05) is 0 Å². The van der Waals surface area contributed by atoms with E-state index >= 15 is 0 Å². The smallest absolute Gasteiger partial charge is 0.282 e. The molecule has 1 fully saturated rings. The van der Waals surface area contributed by atoms with Gasteiger partial charge in [-0.15, -0.1) is 3.89 Å². The number of amides is 3. The van der Waals surface area contributed by atoms with E-state index < -0.39 is 40.5 Å². The zero-order chi connectivity index (χ0) is 14.9. The molecule has 2 rings (SSSR count). The Morgan fingerprint density at radius 2 is 1.80 bits per heavy atom. The molecule has 1 saturated heterocycles. The van der Waals surface area contributed by atoms with Crippen LogP contribution < -0.4 is 4.90 Å². The van der Waals surface area contributed by atoms with Crippen molar-refractivity contribution in [3.8, 4) is 0 Å². The van der Waals surface area contributed by atoms with Gasteiger partial charge in [-0.3, -0.25) is 14.6 Å². The molecule has 0 spiro atoms. The fourth-order valence-corrected chi connectivity index (χ4v) is 2.46. The van der Waals surface area contributed by atoms with Gasteiger partial charge in [0.05, 0.1) is 5.75 Å². The predicted octanol–water partition coefficient (Wildman–Crippen LogP) is 1.14. The van der Waals surface area contributed by atoms with Crippen LogP contribution >= 0.6 is 0 Å². The van der Waals surface area contributed by atoms with Gasteiger partial charge in [0, 0.05) is 12.2 Å². The maximum atomic E-state index is 12.5. The average Bonchev–Trinajstić information content (AvgIpc) is 2.59. The van der Waals surface area contributed by atoms with Gasteiger partial charge in [-0.1, -0.05) is 18.2 Å². The number of anilines is 1. The number of imide groups is 1. The van der Waals surface area contributed by atoms with Crippen molar-refractivity contribution in [2.24, 2.45) is 0 Å². The summed E-state index contributed by atoms with van der Waals surface area (Å²) in [6.07, 6.45) is 0. The monoisotopic (exact) mass is 300 g/mol. The van der Waals surface area contributed by atoms with Crippen LogP contribution in [0.2, 0.25) is 0 Å². The Morgan fingerprint density at radius 3 is 2.35 bits per heavy atom. The van der Waals surface area contributed by atoms with Crippen LogP contribution in [-0.4, -0.2) is 43.6 Å². The van der Waals surface area contributed by atoms with Crippen molar-refractivity contribution >= 4 is 27.8 Å². The molecule has 8 heteroatoms. The number of hydrogen-bond acceptors (Lipinski definition) is 4. The molecular formula is C12H13FN2O4S. The van der Waals surface area contributed by atoms with Gasteiger partial charge in [0.1, 0.15) is 6.04 Å². The Hall–Kier alpha value is -1.96. The second kappa shape index (κ2) is 5.20. The molecule has 0 unspecified atom stereocenters. The minimum Gasteiger partial charge on any atom is -0.282 e. The highest BCUT2D eigenvalue weighted by atomic mass is 32.3. The van der Waals surface area contributed by atoms with Crippen LogP contribution in [0.3, 0.4) is 0 Å². The molecule has 1 atom stereocenters. The summed E-state index contributed by atoms with van der Waals surface area (Å²) in [4.78, 5) is 26.1. The van der Waals surface area contributed by atoms with Crippen molar-refractivity contribution in [2.75, 3.05) is 17.2 Å². The molecule has 3 amide bonds. The van der Waals surface area contributed by atoms with Crippen LogP contribution in [0.4, 0.5) is 14.4 Å². The summed E-state index contributed by atoms with van der Waals surface area (Å²) in [6, 6.07) is 7.14.